The number of nitrogens with one attached hydrogen (secondary N) is 1. The zero-order valence-electron chi connectivity index (χ0n) is 15.2. The van der Waals surface area contributed by atoms with E-state index in [1.165, 1.54) is 0 Å². The number of phenols is 1. The van der Waals surface area contributed by atoms with Gasteiger partial charge >= 0.3 is 6.09 Å². The number of aromatic nitrogens is 1. The van der Waals surface area contributed by atoms with Gasteiger partial charge in [0.25, 0.3) is 0 Å². The number of fused-ring (bicyclic) bond motifs is 1. The molecule has 27 heavy (non-hydrogen) atoms. The summed E-state index contributed by atoms with van der Waals surface area (Å²) in [4.78, 5) is 20.4. The second kappa shape index (κ2) is 9.21. The average Bonchev–Trinajstić information content (AvgIpc) is 2.70. The number of rotatable bonds is 6. The summed E-state index contributed by atoms with van der Waals surface area (Å²) in [7, 11) is 0. The van der Waals surface area contributed by atoms with E-state index in [0.717, 1.165) is 30.6 Å². The van der Waals surface area contributed by atoms with Crippen LogP contribution < -0.4 is 5.32 Å². The lowest BCUT2D eigenvalue weighted by Crippen LogP contribution is -2.48. The Bertz CT molecular complexity index is 826. The summed E-state index contributed by atoms with van der Waals surface area (Å²) in [6.07, 6.45) is 6.54. The van der Waals surface area contributed by atoms with Crippen molar-refractivity contribution in [3.05, 3.63) is 36.0 Å². The monoisotopic (exact) mass is 368 g/mol. The van der Waals surface area contributed by atoms with Gasteiger partial charge in [-0.2, -0.15) is 0 Å². The fourth-order valence-electron chi connectivity index (χ4n) is 3.15. The Balaban J connectivity index is 1.50. The number of carbonyl (C=O) groups is 1. The Labute approximate surface area is 158 Å². The number of nitrogens with zero attached hydrogens (tertiary/aromatic N) is 3. The van der Waals surface area contributed by atoms with Gasteiger partial charge in [-0.3, -0.25) is 9.88 Å². The minimum atomic E-state index is -0.281. The van der Waals surface area contributed by atoms with Crippen molar-refractivity contribution in [3.63, 3.8) is 0 Å². The summed E-state index contributed by atoms with van der Waals surface area (Å²) in [6.45, 7) is 4.89. The molecule has 0 unspecified atom stereocenters. The Hall–Kier alpha value is -2.82. The van der Waals surface area contributed by atoms with E-state index >= 15 is 0 Å². The van der Waals surface area contributed by atoms with Crippen LogP contribution >= 0.6 is 0 Å². The maximum absolute atomic E-state index is 12.1. The molecule has 1 fully saturated rings. The second-order valence-corrected chi connectivity index (χ2v) is 6.40. The molecule has 1 aromatic carbocycles. The molecule has 0 radical (unpaired) electrons. The highest BCUT2D eigenvalue weighted by Crippen LogP contribution is 2.26. The van der Waals surface area contributed by atoms with Crippen LogP contribution in [-0.2, 0) is 11.3 Å². The molecule has 2 N–H and O–H groups in total. The highest BCUT2D eigenvalue weighted by atomic mass is 16.6. The minimum Gasteiger partial charge on any atom is -0.506 e. The lowest BCUT2D eigenvalue weighted by atomic mass is 10.1. The first-order chi connectivity index (χ1) is 13.2. The van der Waals surface area contributed by atoms with Gasteiger partial charge in [0.2, 0.25) is 0 Å². The van der Waals surface area contributed by atoms with Crippen LogP contribution in [0.3, 0.4) is 0 Å². The van der Waals surface area contributed by atoms with Crippen LogP contribution in [0.15, 0.2) is 30.5 Å². The smallest absolute Gasteiger partial charge is 0.409 e. The number of terminal acetylenes is 1. The van der Waals surface area contributed by atoms with Crippen molar-refractivity contribution in [2.75, 3.05) is 45.9 Å². The van der Waals surface area contributed by atoms with Crippen molar-refractivity contribution in [1.29, 1.82) is 0 Å². The van der Waals surface area contributed by atoms with Crippen LogP contribution in [0.25, 0.3) is 10.9 Å². The SMILES string of the molecule is C#CCNCCOC(=O)N1CCN(Cc2ccc(O)c3ncccc23)CC1. The fourth-order valence-corrected chi connectivity index (χ4v) is 3.15. The number of hydrogen-bond acceptors (Lipinski definition) is 6. The lowest BCUT2D eigenvalue weighted by molar-refractivity contribution is 0.0753. The zero-order valence-corrected chi connectivity index (χ0v) is 15.2. The summed E-state index contributed by atoms with van der Waals surface area (Å²) in [5, 5.41) is 13.9. The molecule has 2 aromatic rings. The molecule has 0 bridgehead atoms. The summed E-state index contributed by atoms with van der Waals surface area (Å²) in [5.74, 6) is 2.67. The van der Waals surface area contributed by atoms with Crippen molar-refractivity contribution in [2.45, 2.75) is 6.54 Å². The molecule has 0 spiro atoms. The number of hydrogen-bond donors (Lipinski definition) is 2. The molecule has 3 rings (SSSR count). The standard InChI is InChI=1S/C20H24N4O3/c1-2-7-21-9-14-27-20(26)24-12-10-23(11-13-24)15-16-5-6-18(25)19-17(16)4-3-8-22-19/h1,3-6,8,21,25H,7,9-15H2. The fraction of sp³-hybridized carbons (Fsp3) is 0.400. The van der Waals surface area contributed by atoms with Crippen molar-refractivity contribution in [3.8, 4) is 18.1 Å². The number of phenolic OH excluding ortho intramolecular Hbond substituents is 1. The summed E-state index contributed by atoms with van der Waals surface area (Å²) >= 11 is 0. The van der Waals surface area contributed by atoms with E-state index in [4.69, 9.17) is 11.2 Å². The number of piperazine rings is 1. The molecular formula is C20H24N4O3. The first kappa shape index (κ1) is 19.0. The highest BCUT2D eigenvalue weighted by Gasteiger charge is 2.22. The van der Waals surface area contributed by atoms with Crippen molar-refractivity contribution in [2.24, 2.45) is 0 Å². The molecular weight excluding hydrogens is 344 g/mol. The van der Waals surface area contributed by atoms with Gasteiger partial charge < -0.3 is 20.1 Å². The van der Waals surface area contributed by atoms with Gasteiger partial charge in [-0.25, -0.2) is 4.79 Å². The Morgan fingerprint density at radius 1 is 1.30 bits per heavy atom. The topological polar surface area (TPSA) is 77.9 Å². The predicted molar refractivity (Wildman–Crippen MR) is 103 cm³/mol. The number of amides is 1. The van der Waals surface area contributed by atoms with Gasteiger partial charge in [0.1, 0.15) is 17.9 Å². The molecule has 0 aliphatic carbocycles. The van der Waals surface area contributed by atoms with Crippen molar-refractivity contribution in [1.82, 2.24) is 20.1 Å². The van der Waals surface area contributed by atoms with E-state index < -0.39 is 0 Å². The van der Waals surface area contributed by atoms with Gasteiger partial charge in [0.05, 0.1) is 6.54 Å². The molecule has 7 heteroatoms. The van der Waals surface area contributed by atoms with E-state index in [0.29, 0.717) is 38.3 Å². The van der Waals surface area contributed by atoms with Crippen molar-refractivity contribution >= 4 is 17.0 Å². The third kappa shape index (κ3) is 4.88. The van der Waals surface area contributed by atoms with Crippen LogP contribution in [0.1, 0.15) is 5.56 Å². The first-order valence-corrected chi connectivity index (χ1v) is 9.03. The van der Waals surface area contributed by atoms with E-state index in [-0.39, 0.29) is 11.8 Å². The Morgan fingerprint density at radius 2 is 2.11 bits per heavy atom. The normalized spacial score (nSPS) is 14.9. The quantitative estimate of drug-likeness (QED) is 0.593. The number of ether oxygens (including phenoxy) is 1. The largest absolute Gasteiger partial charge is 0.506 e. The molecule has 2 heterocycles. The number of pyridine rings is 1. The third-order valence-corrected chi connectivity index (χ3v) is 4.59. The van der Waals surface area contributed by atoms with E-state index in [9.17, 15) is 9.90 Å². The molecule has 1 saturated heterocycles. The van der Waals surface area contributed by atoms with Crippen LogP contribution in [0.4, 0.5) is 4.79 Å². The summed E-state index contributed by atoms with van der Waals surface area (Å²) in [6, 6.07) is 7.46. The molecule has 0 atom stereocenters. The first-order valence-electron chi connectivity index (χ1n) is 9.03. The second-order valence-electron chi connectivity index (χ2n) is 6.40. The summed E-state index contributed by atoms with van der Waals surface area (Å²) < 4.78 is 5.25. The molecule has 142 valence electrons. The minimum absolute atomic E-state index is 0.193. The maximum Gasteiger partial charge on any atom is 0.409 e. The predicted octanol–water partition coefficient (Wildman–Crippen LogP) is 1.42. The van der Waals surface area contributed by atoms with Gasteiger partial charge in [0.15, 0.2) is 0 Å². The van der Waals surface area contributed by atoms with Gasteiger partial charge in [-0.15, -0.1) is 6.42 Å². The molecule has 1 amide bonds. The molecule has 0 saturated carbocycles. The lowest BCUT2D eigenvalue weighted by Gasteiger charge is -2.34. The number of aromatic hydroxyl groups is 1. The average molecular weight is 368 g/mol. The van der Waals surface area contributed by atoms with Crippen LogP contribution in [0.5, 0.6) is 5.75 Å². The number of benzene rings is 1. The van der Waals surface area contributed by atoms with Gasteiger partial charge in [-0.05, 0) is 17.7 Å². The van der Waals surface area contributed by atoms with Crippen LogP contribution in [0, 0.1) is 12.3 Å². The van der Waals surface area contributed by atoms with E-state index in [1.807, 2.05) is 18.2 Å². The Kier molecular flexibility index (Phi) is 6.47. The Morgan fingerprint density at radius 3 is 2.89 bits per heavy atom. The molecule has 7 nitrogen and oxygen atoms in total. The zero-order chi connectivity index (χ0) is 19.1. The van der Waals surface area contributed by atoms with Gasteiger partial charge in [0, 0.05) is 50.9 Å². The molecule has 1 aromatic heterocycles. The highest BCUT2D eigenvalue weighted by molar-refractivity contribution is 5.87. The van der Waals surface area contributed by atoms with Crippen LogP contribution in [0.2, 0.25) is 0 Å². The van der Waals surface area contributed by atoms with Gasteiger partial charge in [-0.1, -0.05) is 18.1 Å². The maximum atomic E-state index is 12.1. The summed E-state index contributed by atoms with van der Waals surface area (Å²) in [5.41, 5.74) is 1.74. The van der Waals surface area contributed by atoms with E-state index in [1.54, 1.807) is 17.2 Å². The van der Waals surface area contributed by atoms with Crippen molar-refractivity contribution < 1.29 is 14.6 Å². The molecule has 1 aliphatic rings. The van der Waals surface area contributed by atoms with E-state index in [2.05, 4.69) is 21.1 Å². The molecule has 1 aliphatic heterocycles. The number of carbonyl (C=O) groups excluding carboxylic acids is 1. The van der Waals surface area contributed by atoms with Crippen LogP contribution in [-0.4, -0.2) is 71.9 Å². The third-order valence-electron chi connectivity index (χ3n) is 4.59.